The lowest BCUT2D eigenvalue weighted by Crippen LogP contribution is -2.26. The minimum absolute atomic E-state index is 0.340. The van der Waals surface area contributed by atoms with Gasteiger partial charge < -0.3 is 10.4 Å². The van der Waals surface area contributed by atoms with Crippen molar-refractivity contribution in [2.45, 2.75) is 45.1 Å². The fraction of sp³-hybridized carbons (Fsp3) is 0.571. The molecular formula is C14H21NO. The van der Waals surface area contributed by atoms with Crippen LogP contribution < -0.4 is 5.32 Å². The van der Waals surface area contributed by atoms with Gasteiger partial charge in [-0.2, -0.15) is 0 Å². The average Bonchev–Trinajstić information content (AvgIpc) is 2.30. The predicted molar refractivity (Wildman–Crippen MR) is 66.8 cm³/mol. The third kappa shape index (κ3) is 2.22. The zero-order valence-corrected chi connectivity index (χ0v) is 10.2. The second kappa shape index (κ2) is 4.88. The van der Waals surface area contributed by atoms with Gasteiger partial charge in [0.2, 0.25) is 0 Å². The molecule has 1 unspecified atom stereocenters. The number of hydrogen-bond acceptors (Lipinski definition) is 2. The molecular weight excluding hydrogens is 198 g/mol. The van der Waals surface area contributed by atoms with Crippen LogP contribution in [0.2, 0.25) is 0 Å². The second-order valence-electron chi connectivity index (χ2n) is 4.94. The molecule has 0 radical (unpaired) electrons. The number of benzene rings is 1. The van der Waals surface area contributed by atoms with E-state index in [1.807, 2.05) is 12.1 Å². The smallest absolute Gasteiger partial charge is 0.123 e. The molecule has 2 heteroatoms. The monoisotopic (exact) mass is 219 g/mol. The Labute approximate surface area is 97.7 Å². The Morgan fingerprint density at radius 3 is 2.75 bits per heavy atom. The van der Waals surface area contributed by atoms with Gasteiger partial charge in [0, 0.05) is 11.6 Å². The summed E-state index contributed by atoms with van der Waals surface area (Å²) in [5, 5.41) is 13.8. The number of aromatic hydroxyl groups is 1. The first-order valence-corrected chi connectivity index (χ1v) is 6.25. The van der Waals surface area contributed by atoms with Gasteiger partial charge in [-0.15, -0.1) is 0 Å². The lowest BCUT2D eigenvalue weighted by molar-refractivity contribution is 0.388. The number of hydrogen-bond donors (Lipinski definition) is 2. The van der Waals surface area contributed by atoms with E-state index in [9.17, 15) is 5.11 Å². The Balaban J connectivity index is 2.29. The number of nitrogens with one attached hydrogen (secondary N) is 1. The lowest BCUT2D eigenvalue weighted by Gasteiger charge is -2.25. The molecule has 0 amide bonds. The van der Waals surface area contributed by atoms with Crippen molar-refractivity contribution in [1.82, 2.24) is 5.32 Å². The van der Waals surface area contributed by atoms with Gasteiger partial charge in [0.15, 0.2) is 0 Å². The van der Waals surface area contributed by atoms with E-state index in [4.69, 9.17) is 0 Å². The molecule has 1 heterocycles. The van der Waals surface area contributed by atoms with Gasteiger partial charge in [-0.3, -0.25) is 0 Å². The Morgan fingerprint density at radius 1 is 1.31 bits per heavy atom. The van der Waals surface area contributed by atoms with Gasteiger partial charge in [-0.25, -0.2) is 0 Å². The second-order valence-corrected chi connectivity index (χ2v) is 4.94. The van der Waals surface area contributed by atoms with E-state index in [1.165, 1.54) is 12.8 Å². The van der Waals surface area contributed by atoms with E-state index in [2.05, 4.69) is 25.2 Å². The van der Waals surface area contributed by atoms with Crippen molar-refractivity contribution in [1.29, 1.82) is 0 Å². The quantitative estimate of drug-likeness (QED) is 0.799. The van der Waals surface area contributed by atoms with Crippen LogP contribution in [0.25, 0.3) is 0 Å². The maximum atomic E-state index is 10.3. The first-order valence-electron chi connectivity index (χ1n) is 6.25. The summed E-state index contributed by atoms with van der Waals surface area (Å²) < 4.78 is 0. The number of piperidine rings is 1. The molecule has 0 bridgehead atoms. The van der Waals surface area contributed by atoms with Crippen LogP contribution in [0.15, 0.2) is 18.2 Å². The van der Waals surface area contributed by atoms with Gasteiger partial charge in [-0.05, 0) is 30.9 Å². The summed E-state index contributed by atoms with van der Waals surface area (Å²) in [4.78, 5) is 0. The van der Waals surface area contributed by atoms with Gasteiger partial charge >= 0.3 is 0 Å². The van der Waals surface area contributed by atoms with E-state index < -0.39 is 0 Å². The fourth-order valence-electron chi connectivity index (χ4n) is 2.44. The van der Waals surface area contributed by atoms with Gasteiger partial charge in [0.1, 0.15) is 5.75 Å². The molecule has 1 atom stereocenters. The van der Waals surface area contributed by atoms with Crippen molar-refractivity contribution >= 4 is 0 Å². The molecule has 0 spiro atoms. The van der Waals surface area contributed by atoms with Crippen molar-refractivity contribution in [2.75, 3.05) is 6.54 Å². The number of phenols is 1. The molecule has 1 saturated heterocycles. The topological polar surface area (TPSA) is 32.3 Å². The zero-order chi connectivity index (χ0) is 11.5. The Bertz CT molecular complexity index is 354. The summed E-state index contributed by atoms with van der Waals surface area (Å²) in [6, 6.07) is 6.46. The van der Waals surface area contributed by atoms with Gasteiger partial charge in [-0.1, -0.05) is 38.5 Å². The van der Waals surface area contributed by atoms with Crippen LogP contribution in [0.1, 0.15) is 56.2 Å². The van der Waals surface area contributed by atoms with Crippen LogP contribution in [0.4, 0.5) is 0 Å². The minimum atomic E-state index is 0.340. The molecule has 2 nitrogen and oxygen atoms in total. The maximum Gasteiger partial charge on any atom is 0.123 e. The normalized spacial score (nSPS) is 21.3. The molecule has 1 aromatic carbocycles. The van der Waals surface area contributed by atoms with Crippen molar-refractivity contribution in [2.24, 2.45) is 0 Å². The van der Waals surface area contributed by atoms with Crippen LogP contribution in [0.3, 0.4) is 0 Å². The summed E-state index contributed by atoms with van der Waals surface area (Å²) in [6.45, 7) is 5.30. The molecule has 1 aliphatic rings. The molecule has 1 fully saturated rings. The highest BCUT2D eigenvalue weighted by atomic mass is 16.3. The lowest BCUT2D eigenvalue weighted by atomic mass is 9.92. The van der Waals surface area contributed by atoms with Gasteiger partial charge in [0.25, 0.3) is 0 Å². The van der Waals surface area contributed by atoms with Gasteiger partial charge in [0.05, 0.1) is 0 Å². The minimum Gasteiger partial charge on any atom is -0.507 e. The molecule has 16 heavy (non-hydrogen) atoms. The number of phenolic OH excluding ortho intramolecular Hbond substituents is 1. The van der Waals surface area contributed by atoms with Crippen LogP contribution in [-0.4, -0.2) is 11.7 Å². The summed E-state index contributed by atoms with van der Waals surface area (Å²) in [5.41, 5.74) is 2.13. The first-order chi connectivity index (χ1) is 7.70. The standard InChI is InChI=1S/C14H21NO/c1-10(2)11-6-5-7-12(14(11)16)13-8-3-4-9-15-13/h5-7,10,13,15-16H,3-4,8-9H2,1-2H3. The number of para-hydroxylation sites is 1. The van der Waals surface area contributed by atoms with Crippen LogP contribution in [-0.2, 0) is 0 Å². The van der Waals surface area contributed by atoms with Crippen LogP contribution >= 0.6 is 0 Å². The van der Waals surface area contributed by atoms with Crippen molar-refractivity contribution in [3.05, 3.63) is 29.3 Å². The molecule has 0 saturated carbocycles. The molecule has 0 aliphatic carbocycles. The predicted octanol–water partition coefficient (Wildman–Crippen LogP) is 3.33. The third-order valence-electron chi connectivity index (χ3n) is 3.41. The summed E-state index contributed by atoms with van der Waals surface area (Å²) >= 11 is 0. The maximum absolute atomic E-state index is 10.3. The molecule has 2 N–H and O–H groups in total. The molecule has 1 aliphatic heterocycles. The third-order valence-corrected chi connectivity index (χ3v) is 3.41. The van der Waals surface area contributed by atoms with Crippen molar-refractivity contribution in [3.63, 3.8) is 0 Å². The SMILES string of the molecule is CC(C)c1cccc(C2CCCCN2)c1O. The zero-order valence-electron chi connectivity index (χ0n) is 10.2. The highest BCUT2D eigenvalue weighted by molar-refractivity contribution is 5.43. The molecule has 1 aromatic rings. The first kappa shape index (κ1) is 11.5. The summed E-state index contributed by atoms with van der Waals surface area (Å²) in [5.74, 6) is 0.875. The molecule has 0 aromatic heterocycles. The van der Waals surface area contributed by atoms with E-state index in [0.717, 1.165) is 24.1 Å². The van der Waals surface area contributed by atoms with E-state index in [1.54, 1.807) is 0 Å². The Hall–Kier alpha value is -1.02. The van der Waals surface area contributed by atoms with E-state index in [0.29, 0.717) is 17.7 Å². The highest BCUT2D eigenvalue weighted by Crippen LogP contribution is 2.35. The van der Waals surface area contributed by atoms with E-state index >= 15 is 0 Å². The largest absolute Gasteiger partial charge is 0.507 e. The average molecular weight is 219 g/mol. The summed E-state index contributed by atoms with van der Waals surface area (Å²) in [7, 11) is 0. The van der Waals surface area contributed by atoms with Crippen molar-refractivity contribution < 1.29 is 5.11 Å². The Kier molecular flexibility index (Phi) is 3.49. The number of rotatable bonds is 2. The highest BCUT2D eigenvalue weighted by Gasteiger charge is 2.19. The van der Waals surface area contributed by atoms with Crippen LogP contribution in [0, 0.1) is 0 Å². The van der Waals surface area contributed by atoms with Crippen molar-refractivity contribution in [3.8, 4) is 5.75 Å². The summed E-state index contributed by atoms with van der Waals surface area (Å²) in [6.07, 6.45) is 3.64. The van der Waals surface area contributed by atoms with Crippen LogP contribution in [0.5, 0.6) is 5.75 Å². The van der Waals surface area contributed by atoms with E-state index in [-0.39, 0.29) is 0 Å². The fourth-order valence-corrected chi connectivity index (χ4v) is 2.44. The molecule has 2 rings (SSSR count). The molecule has 88 valence electrons. The Morgan fingerprint density at radius 2 is 2.12 bits per heavy atom.